The van der Waals surface area contributed by atoms with Gasteiger partial charge in [0.15, 0.2) is 5.60 Å². The van der Waals surface area contributed by atoms with Gasteiger partial charge in [-0.2, -0.15) is 0 Å². The zero-order valence-corrected chi connectivity index (χ0v) is 16.4. The lowest BCUT2D eigenvalue weighted by atomic mass is 9.87. The Morgan fingerprint density at radius 1 is 1.07 bits per heavy atom. The van der Waals surface area contributed by atoms with Crippen LogP contribution in [0.5, 0.6) is 0 Å². The monoisotopic (exact) mass is 404 g/mol. The van der Waals surface area contributed by atoms with Gasteiger partial charge < -0.3 is 10.4 Å². The van der Waals surface area contributed by atoms with Gasteiger partial charge in [-0.05, 0) is 36.2 Å². The van der Waals surface area contributed by atoms with Crippen LogP contribution in [0.3, 0.4) is 0 Å². The molecule has 30 heavy (non-hydrogen) atoms. The highest BCUT2D eigenvalue weighted by Gasteiger charge is 2.51. The van der Waals surface area contributed by atoms with Crippen LogP contribution in [0.2, 0.25) is 0 Å². The fourth-order valence-electron chi connectivity index (χ4n) is 3.87. The lowest BCUT2D eigenvalue weighted by Crippen LogP contribution is -2.44. The van der Waals surface area contributed by atoms with E-state index in [2.05, 4.69) is 5.32 Å². The van der Waals surface area contributed by atoms with Crippen LogP contribution in [0.4, 0.5) is 15.8 Å². The van der Waals surface area contributed by atoms with Crippen molar-refractivity contribution in [3.8, 4) is 0 Å². The third kappa shape index (κ3) is 3.25. The van der Waals surface area contributed by atoms with Crippen LogP contribution in [0.1, 0.15) is 23.6 Å². The Hall–Kier alpha value is -3.51. The van der Waals surface area contributed by atoms with Crippen molar-refractivity contribution in [2.75, 3.05) is 16.8 Å². The molecule has 1 heterocycles. The number of hydrogen-bond acceptors (Lipinski definition) is 3. The lowest BCUT2D eigenvalue weighted by Gasteiger charge is -2.23. The minimum Gasteiger partial charge on any atom is -0.372 e. The van der Waals surface area contributed by atoms with E-state index in [1.165, 1.54) is 23.1 Å². The number of hydrogen-bond donors (Lipinski definition) is 2. The highest BCUT2D eigenvalue weighted by molar-refractivity contribution is 6.12. The Kier molecular flexibility index (Phi) is 5.10. The summed E-state index contributed by atoms with van der Waals surface area (Å²) >= 11 is 0. The Morgan fingerprint density at radius 2 is 1.80 bits per heavy atom. The predicted molar refractivity (Wildman–Crippen MR) is 113 cm³/mol. The molecule has 6 heteroatoms. The third-order valence-corrected chi connectivity index (χ3v) is 5.36. The van der Waals surface area contributed by atoms with Crippen molar-refractivity contribution in [2.24, 2.45) is 0 Å². The first-order valence-corrected chi connectivity index (χ1v) is 9.72. The molecule has 0 saturated heterocycles. The van der Waals surface area contributed by atoms with Crippen molar-refractivity contribution in [2.45, 2.75) is 18.9 Å². The van der Waals surface area contributed by atoms with E-state index in [0.717, 1.165) is 18.1 Å². The summed E-state index contributed by atoms with van der Waals surface area (Å²) in [5.41, 5.74) is 0.482. The second kappa shape index (κ2) is 7.72. The lowest BCUT2D eigenvalue weighted by molar-refractivity contribution is -0.133. The maximum Gasteiger partial charge on any atom is 0.268 e. The van der Waals surface area contributed by atoms with Crippen LogP contribution in [-0.4, -0.2) is 23.5 Å². The molecule has 0 saturated carbocycles. The fraction of sp³-hybridized carbons (Fsp3) is 0.167. The third-order valence-electron chi connectivity index (χ3n) is 5.36. The molecule has 152 valence electrons. The van der Waals surface area contributed by atoms with E-state index >= 15 is 0 Å². The van der Waals surface area contributed by atoms with Crippen LogP contribution in [0.15, 0.2) is 72.8 Å². The van der Waals surface area contributed by atoms with Crippen molar-refractivity contribution in [1.82, 2.24) is 0 Å². The average molecular weight is 404 g/mol. The van der Waals surface area contributed by atoms with Crippen LogP contribution in [0, 0.1) is 5.82 Å². The largest absolute Gasteiger partial charge is 0.372 e. The van der Waals surface area contributed by atoms with Crippen molar-refractivity contribution >= 4 is 23.2 Å². The number of nitrogens with one attached hydrogen (secondary N) is 1. The van der Waals surface area contributed by atoms with Crippen molar-refractivity contribution in [3.05, 3.63) is 95.3 Å². The first-order chi connectivity index (χ1) is 14.4. The maximum atomic E-state index is 13.8. The van der Waals surface area contributed by atoms with Gasteiger partial charge in [-0.25, -0.2) is 4.39 Å². The fourth-order valence-corrected chi connectivity index (χ4v) is 3.87. The summed E-state index contributed by atoms with van der Waals surface area (Å²) in [6.45, 7) is 1.72. The minimum absolute atomic E-state index is 0.124. The highest BCUT2D eigenvalue weighted by atomic mass is 19.1. The standard InChI is InChI=1S/C24H21FN2O3/c1-2-16-8-3-5-12-20(16)26-22(28)15-27-21-13-6-4-11-19(21)24(30,23(27)29)17-9-7-10-18(25)14-17/h3-14,30H,2,15H2,1H3,(H,26,28)/t24-/m1/s1. The van der Waals surface area contributed by atoms with Gasteiger partial charge in [-0.1, -0.05) is 55.5 Å². The second-order valence-electron chi connectivity index (χ2n) is 7.19. The van der Waals surface area contributed by atoms with Crippen molar-refractivity contribution in [3.63, 3.8) is 0 Å². The number of carbonyl (C=O) groups excluding carboxylic acids is 2. The molecule has 1 atom stereocenters. The number of halogens is 1. The minimum atomic E-state index is -2.06. The molecule has 0 aliphatic carbocycles. The molecule has 3 aromatic rings. The molecule has 0 aromatic heterocycles. The number of rotatable bonds is 5. The Morgan fingerprint density at radius 3 is 2.57 bits per heavy atom. The Labute approximate surface area is 173 Å². The Bertz CT molecular complexity index is 1130. The van der Waals surface area contributed by atoms with E-state index in [1.807, 2.05) is 25.1 Å². The van der Waals surface area contributed by atoms with Crippen molar-refractivity contribution in [1.29, 1.82) is 0 Å². The number of aliphatic hydroxyl groups is 1. The number of nitrogens with zero attached hydrogens (tertiary/aromatic N) is 1. The zero-order valence-electron chi connectivity index (χ0n) is 16.4. The number of benzene rings is 3. The van der Waals surface area contributed by atoms with Crippen LogP contribution >= 0.6 is 0 Å². The number of para-hydroxylation sites is 2. The molecule has 0 spiro atoms. The number of carbonyl (C=O) groups is 2. The molecule has 1 aliphatic rings. The highest BCUT2D eigenvalue weighted by Crippen LogP contribution is 2.44. The van der Waals surface area contributed by atoms with Gasteiger partial charge in [0.25, 0.3) is 5.91 Å². The van der Waals surface area contributed by atoms with Gasteiger partial charge in [0, 0.05) is 16.8 Å². The van der Waals surface area contributed by atoms with Gasteiger partial charge in [0.05, 0.1) is 5.69 Å². The molecular formula is C24H21FN2O3. The quantitative estimate of drug-likeness (QED) is 0.683. The van der Waals surface area contributed by atoms with E-state index in [4.69, 9.17) is 0 Å². The molecule has 2 amide bonds. The predicted octanol–water partition coefficient (Wildman–Crippen LogP) is 3.61. The number of fused-ring (bicyclic) bond motifs is 1. The Balaban J connectivity index is 1.66. The van der Waals surface area contributed by atoms with Crippen LogP contribution < -0.4 is 10.2 Å². The second-order valence-corrected chi connectivity index (χ2v) is 7.19. The SMILES string of the molecule is CCc1ccccc1NC(=O)CN1C(=O)[C@@](O)(c2cccc(F)c2)c2ccccc21. The molecule has 0 unspecified atom stereocenters. The molecular weight excluding hydrogens is 383 g/mol. The summed E-state index contributed by atoms with van der Waals surface area (Å²) < 4.78 is 13.8. The van der Waals surface area contributed by atoms with E-state index in [9.17, 15) is 19.1 Å². The number of aryl methyl sites for hydroxylation is 1. The molecule has 2 N–H and O–H groups in total. The summed E-state index contributed by atoms with van der Waals surface area (Å²) in [6, 6.07) is 19.5. The summed E-state index contributed by atoms with van der Waals surface area (Å²) in [6.07, 6.45) is 0.751. The normalized spacial score (nSPS) is 17.7. The molecule has 4 rings (SSSR count). The van der Waals surface area contributed by atoms with E-state index in [1.54, 1.807) is 30.3 Å². The molecule has 3 aromatic carbocycles. The molecule has 0 bridgehead atoms. The summed E-state index contributed by atoms with van der Waals surface area (Å²) in [4.78, 5) is 27.3. The van der Waals surface area contributed by atoms with Crippen LogP contribution in [-0.2, 0) is 21.6 Å². The molecule has 0 radical (unpaired) electrons. The maximum absolute atomic E-state index is 13.8. The first-order valence-electron chi connectivity index (χ1n) is 9.72. The number of amides is 2. The average Bonchev–Trinajstić information content (AvgIpc) is 2.97. The molecule has 5 nitrogen and oxygen atoms in total. The first kappa shape index (κ1) is 19.8. The van der Waals surface area contributed by atoms with Gasteiger partial charge in [0.2, 0.25) is 5.91 Å². The summed E-state index contributed by atoms with van der Waals surface area (Å²) in [5.74, 6) is -1.63. The smallest absolute Gasteiger partial charge is 0.268 e. The topological polar surface area (TPSA) is 69.6 Å². The van der Waals surface area contributed by atoms with Gasteiger partial charge in [-0.3, -0.25) is 14.5 Å². The van der Waals surface area contributed by atoms with Crippen molar-refractivity contribution < 1.29 is 19.1 Å². The van der Waals surface area contributed by atoms with Gasteiger partial charge in [0.1, 0.15) is 12.4 Å². The molecule has 0 fully saturated rings. The summed E-state index contributed by atoms with van der Waals surface area (Å²) in [7, 11) is 0. The summed E-state index contributed by atoms with van der Waals surface area (Å²) in [5, 5.41) is 14.2. The van der Waals surface area contributed by atoms with E-state index in [0.29, 0.717) is 16.9 Å². The van der Waals surface area contributed by atoms with E-state index < -0.39 is 17.3 Å². The van der Waals surface area contributed by atoms with Crippen LogP contribution in [0.25, 0.3) is 0 Å². The van der Waals surface area contributed by atoms with Gasteiger partial charge >= 0.3 is 0 Å². The zero-order chi connectivity index (χ0) is 21.3. The molecule has 1 aliphatic heterocycles. The van der Waals surface area contributed by atoms with Gasteiger partial charge in [-0.15, -0.1) is 0 Å². The number of anilines is 2. The van der Waals surface area contributed by atoms with E-state index in [-0.39, 0.29) is 18.0 Å².